The van der Waals surface area contributed by atoms with E-state index >= 15 is 0 Å². The van der Waals surface area contributed by atoms with E-state index in [4.69, 9.17) is 4.74 Å². The van der Waals surface area contributed by atoms with Crippen molar-refractivity contribution >= 4 is 6.09 Å². The van der Waals surface area contributed by atoms with Crippen molar-refractivity contribution in [2.45, 2.75) is 26.2 Å². The Morgan fingerprint density at radius 2 is 2.20 bits per heavy atom. The topological polar surface area (TPSA) is 64.5 Å². The first-order valence-corrected chi connectivity index (χ1v) is 7.43. The van der Waals surface area contributed by atoms with Gasteiger partial charge in [0, 0.05) is 5.56 Å². The van der Waals surface area contributed by atoms with E-state index < -0.39 is 24.3 Å². The third-order valence-electron chi connectivity index (χ3n) is 3.52. The van der Waals surface area contributed by atoms with Crippen LogP contribution in [0, 0.1) is 5.82 Å². The van der Waals surface area contributed by atoms with Gasteiger partial charge in [0.1, 0.15) is 6.10 Å². The van der Waals surface area contributed by atoms with E-state index in [-0.39, 0.29) is 12.6 Å². The second-order valence-electron chi connectivity index (χ2n) is 5.49. The van der Waals surface area contributed by atoms with Crippen LogP contribution < -0.4 is 4.74 Å². The maximum atomic E-state index is 13.5. The molecule has 2 heterocycles. The van der Waals surface area contributed by atoms with Gasteiger partial charge in [0.25, 0.3) is 0 Å². The molecule has 0 spiro atoms. The van der Waals surface area contributed by atoms with E-state index in [9.17, 15) is 18.0 Å². The van der Waals surface area contributed by atoms with Gasteiger partial charge < -0.3 is 9.47 Å². The molecule has 9 heteroatoms. The summed E-state index contributed by atoms with van der Waals surface area (Å²) in [6.07, 6.45) is 2.26. The maximum absolute atomic E-state index is 13.5. The number of rotatable bonds is 5. The molecule has 0 aliphatic carbocycles. The first-order valence-electron chi connectivity index (χ1n) is 7.43. The van der Waals surface area contributed by atoms with Crippen LogP contribution in [0.25, 0.3) is 11.3 Å². The van der Waals surface area contributed by atoms with Gasteiger partial charge in [-0.05, 0) is 25.1 Å². The Hall–Kier alpha value is -2.84. The predicted octanol–water partition coefficient (Wildman–Crippen LogP) is 3.22. The molecule has 1 aliphatic rings. The van der Waals surface area contributed by atoms with Crippen molar-refractivity contribution in [3.05, 3.63) is 42.1 Å². The Kier molecular flexibility index (Phi) is 4.73. The molecular formula is C16H14F3N3O3. The first kappa shape index (κ1) is 17.0. The van der Waals surface area contributed by atoms with Crippen molar-refractivity contribution in [1.82, 2.24) is 14.9 Å². The molecule has 0 radical (unpaired) electrons. The van der Waals surface area contributed by atoms with Crippen molar-refractivity contribution in [3.63, 3.8) is 0 Å². The highest BCUT2D eigenvalue weighted by atomic mass is 19.3. The molecule has 1 amide bonds. The number of ether oxygens (including phenoxy) is 2. The van der Waals surface area contributed by atoms with Crippen molar-refractivity contribution in [3.8, 4) is 17.0 Å². The summed E-state index contributed by atoms with van der Waals surface area (Å²) in [5.41, 5.74) is 1.20. The molecule has 1 atom stereocenters. The van der Waals surface area contributed by atoms with Crippen LogP contribution in [0.4, 0.5) is 18.0 Å². The molecule has 1 aliphatic heterocycles. The quantitative estimate of drug-likeness (QED) is 0.826. The number of aromatic nitrogens is 2. The van der Waals surface area contributed by atoms with E-state index in [1.165, 1.54) is 23.4 Å². The normalized spacial score (nSPS) is 17.1. The Morgan fingerprint density at radius 3 is 2.88 bits per heavy atom. The van der Waals surface area contributed by atoms with Gasteiger partial charge in [-0.15, -0.1) is 0 Å². The number of carbonyl (C=O) groups is 1. The number of hydrogen-bond acceptors (Lipinski definition) is 5. The number of amides is 1. The van der Waals surface area contributed by atoms with Gasteiger partial charge in [0.2, 0.25) is 0 Å². The molecule has 3 rings (SSSR count). The summed E-state index contributed by atoms with van der Waals surface area (Å²) >= 11 is 0. The highest BCUT2D eigenvalue weighted by Gasteiger charge is 2.28. The van der Waals surface area contributed by atoms with Gasteiger partial charge in [-0.1, -0.05) is 0 Å². The second kappa shape index (κ2) is 6.96. The highest BCUT2D eigenvalue weighted by Crippen LogP contribution is 2.26. The third kappa shape index (κ3) is 3.98. The fraction of sp³-hybridized carbons (Fsp3) is 0.312. The van der Waals surface area contributed by atoms with Gasteiger partial charge in [0.15, 0.2) is 11.6 Å². The maximum Gasteiger partial charge on any atom is 0.410 e. The van der Waals surface area contributed by atoms with Crippen LogP contribution in [0.5, 0.6) is 5.75 Å². The smallest absolute Gasteiger partial charge is 0.410 e. The Labute approximate surface area is 141 Å². The van der Waals surface area contributed by atoms with E-state index in [1.807, 2.05) is 0 Å². The molecule has 25 heavy (non-hydrogen) atoms. The molecule has 0 bridgehead atoms. The molecule has 0 N–H and O–H groups in total. The van der Waals surface area contributed by atoms with Crippen LogP contribution in [0.1, 0.15) is 12.6 Å². The van der Waals surface area contributed by atoms with Crippen molar-refractivity contribution in [1.29, 1.82) is 0 Å². The molecule has 1 saturated heterocycles. The minimum Gasteiger partial charge on any atom is -0.444 e. The van der Waals surface area contributed by atoms with Gasteiger partial charge >= 0.3 is 12.7 Å². The Bertz CT molecular complexity index is 788. The summed E-state index contributed by atoms with van der Waals surface area (Å²) in [6.45, 7) is -0.715. The lowest BCUT2D eigenvalue weighted by Crippen LogP contribution is -2.24. The summed E-state index contributed by atoms with van der Waals surface area (Å²) in [7, 11) is 0. The van der Waals surface area contributed by atoms with Crippen LogP contribution in [-0.2, 0) is 11.3 Å². The van der Waals surface area contributed by atoms with Gasteiger partial charge in [0.05, 0.1) is 36.9 Å². The lowest BCUT2D eigenvalue weighted by molar-refractivity contribution is -0.0521. The van der Waals surface area contributed by atoms with E-state index in [1.54, 1.807) is 6.92 Å². The zero-order chi connectivity index (χ0) is 18.0. The number of benzene rings is 1. The fourth-order valence-electron chi connectivity index (χ4n) is 2.46. The predicted molar refractivity (Wildman–Crippen MR) is 80.4 cm³/mol. The van der Waals surface area contributed by atoms with Crippen LogP contribution in [0.3, 0.4) is 0 Å². The van der Waals surface area contributed by atoms with Crippen LogP contribution in [-0.4, -0.2) is 40.2 Å². The second-order valence-corrected chi connectivity index (χ2v) is 5.49. The highest BCUT2D eigenvalue weighted by molar-refractivity contribution is 5.69. The fourth-order valence-corrected chi connectivity index (χ4v) is 2.46. The zero-order valence-corrected chi connectivity index (χ0v) is 13.2. The minimum atomic E-state index is -3.13. The third-order valence-corrected chi connectivity index (χ3v) is 3.52. The molecule has 1 aromatic carbocycles. The van der Waals surface area contributed by atoms with Crippen LogP contribution in [0.2, 0.25) is 0 Å². The molecular weight excluding hydrogens is 339 g/mol. The summed E-state index contributed by atoms with van der Waals surface area (Å²) in [5.74, 6) is -1.47. The molecule has 6 nitrogen and oxygen atoms in total. The molecule has 132 valence electrons. The first-order chi connectivity index (χ1) is 11.9. The zero-order valence-electron chi connectivity index (χ0n) is 13.2. The molecule has 1 fully saturated rings. The van der Waals surface area contributed by atoms with Crippen LogP contribution >= 0.6 is 0 Å². The van der Waals surface area contributed by atoms with Crippen molar-refractivity contribution < 1.29 is 27.4 Å². The van der Waals surface area contributed by atoms with Gasteiger partial charge in [-0.25, -0.2) is 14.2 Å². The largest absolute Gasteiger partial charge is 0.444 e. The Balaban J connectivity index is 1.83. The number of alkyl halides is 2. The lowest BCUT2D eigenvalue weighted by Gasteiger charge is -2.12. The number of halogens is 3. The summed E-state index contributed by atoms with van der Waals surface area (Å²) in [6, 6.07) is 3.52. The number of carbonyl (C=O) groups excluding carboxylic acids is 1. The summed E-state index contributed by atoms with van der Waals surface area (Å²) in [4.78, 5) is 21.5. The molecule has 0 saturated carbocycles. The Morgan fingerprint density at radius 1 is 1.40 bits per heavy atom. The number of nitrogens with zero attached hydrogens (tertiary/aromatic N) is 3. The average molecular weight is 353 g/mol. The van der Waals surface area contributed by atoms with Gasteiger partial charge in [-0.2, -0.15) is 8.78 Å². The van der Waals surface area contributed by atoms with E-state index in [2.05, 4.69) is 14.7 Å². The van der Waals surface area contributed by atoms with Gasteiger partial charge in [-0.3, -0.25) is 9.88 Å². The summed E-state index contributed by atoms with van der Waals surface area (Å²) in [5, 5.41) is 0. The molecule has 2 aromatic rings. The van der Waals surface area contributed by atoms with Crippen molar-refractivity contribution in [2.24, 2.45) is 0 Å². The van der Waals surface area contributed by atoms with Crippen molar-refractivity contribution in [2.75, 3.05) is 6.54 Å². The van der Waals surface area contributed by atoms with E-state index in [0.29, 0.717) is 23.5 Å². The average Bonchev–Trinajstić information content (AvgIpc) is 2.87. The van der Waals surface area contributed by atoms with E-state index in [0.717, 1.165) is 12.1 Å². The van der Waals surface area contributed by atoms with Crippen LogP contribution in [0.15, 0.2) is 30.6 Å². The molecule has 0 unspecified atom stereocenters. The summed E-state index contributed by atoms with van der Waals surface area (Å²) < 4.78 is 47.4. The number of cyclic esters (lactones) is 1. The minimum absolute atomic E-state index is 0.199. The molecule has 1 aromatic heterocycles. The number of hydrogen-bond donors (Lipinski definition) is 0. The SMILES string of the molecule is C[C@H]1CN(Cc2cncc(-c3ccc(F)c(OC(F)F)c3)n2)C(=O)O1. The standard InChI is InChI=1S/C16H14F3N3O3/c1-9-7-22(16(23)24-9)8-11-5-20-6-13(21-11)10-2-3-12(17)14(4-10)25-15(18)19/h2-6,9,15H,7-8H2,1H3/t9-/m0/s1. The lowest BCUT2D eigenvalue weighted by atomic mass is 10.1. The monoisotopic (exact) mass is 353 g/mol.